The molecular weight excluding hydrogens is 315 g/mol. The number of piperidine rings is 1. The van der Waals surface area contributed by atoms with Crippen molar-refractivity contribution in [2.45, 2.75) is 25.5 Å². The van der Waals surface area contributed by atoms with Gasteiger partial charge in [0.2, 0.25) is 10.0 Å². The summed E-state index contributed by atoms with van der Waals surface area (Å²) in [6.07, 6.45) is 2.08. The summed E-state index contributed by atoms with van der Waals surface area (Å²) in [6.45, 7) is 4.34. The number of rotatable bonds is 5. The van der Waals surface area contributed by atoms with Gasteiger partial charge in [-0.2, -0.15) is 0 Å². The molecule has 0 aromatic heterocycles. The number of halogens is 2. The van der Waals surface area contributed by atoms with Gasteiger partial charge in [0.05, 0.1) is 5.75 Å². The van der Waals surface area contributed by atoms with Crippen LogP contribution in [0.25, 0.3) is 0 Å². The highest BCUT2D eigenvalue weighted by atomic mass is 35.5. The third-order valence-electron chi connectivity index (χ3n) is 3.67. The summed E-state index contributed by atoms with van der Waals surface area (Å²) in [5.74, 6) is -0.476. The smallest absolute Gasteiger partial charge is 0.215 e. The average Bonchev–Trinajstić information content (AvgIpc) is 2.40. The van der Waals surface area contributed by atoms with Crippen molar-refractivity contribution in [1.29, 1.82) is 0 Å². The summed E-state index contributed by atoms with van der Waals surface area (Å²) < 4.78 is 39.5. The molecule has 1 aromatic carbocycles. The van der Waals surface area contributed by atoms with E-state index in [4.69, 9.17) is 0 Å². The van der Waals surface area contributed by atoms with Crippen molar-refractivity contribution in [2.75, 3.05) is 19.6 Å². The molecule has 1 unspecified atom stereocenters. The molecule has 0 amide bonds. The molecule has 1 aliphatic heterocycles. The molecule has 1 aromatic rings. The highest BCUT2D eigenvalue weighted by molar-refractivity contribution is 7.88. The molecule has 1 aliphatic rings. The Morgan fingerprint density at radius 1 is 1.33 bits per heavy atom. The summed E-state index contributed by atoms with van der Waals surface area (Å²) in [5.41, 5.74) is 0.555. The van der Waals surface area contributed by atoms with Crippen LogP contribution >= 0.6 is 12.4 Å². The molecule has 120 valence electrons. The highest BCUT2D eigenvalue weighted by Gasteiger charge is 2.28. The van der Waals surface area contributed by atoms with Gasteiger partial charge in [0.25, 0.3) is 0 Å². The normalized spacial score (nSPS) is 22.6. The lowest BCUT2D eigenvalue weighted by Gasteiger charge is -2.34. The standard InChI is InChI=1S/C14H21FN2O2S.ClH/c1-14(7-2-8-16-10-14)11-17-20(18,19)9-12-3-5-13(15)6-4-12;/h3-6,16-17H,2,7-11H2,1H3;1H. The van der Waals surface area contributed by atoms with Gasteiger partial charge in [0.15, 0.2) is 0 Å². The van der Waals surface area contributed by atoms with E-state index in [0.29, 0.717) is 12.1 Å². The van der Waals surface area contributed by atoms with E-state index in [9.17, 15) is 12.8 Å². The monoisotopic (exact) mass is 336 g/mol. The highest BCUT2D eigenvalue weighted by Crippen LogP contribution is 2.24. The van der Waals surface area contributed by atoms with E-state index >= 15 is 0 Å². The van der Waals surface area contributed by atoms with Gasteiger partial charge in [-0.05, 0) is 42.5 Å². The summed E-state index contributed by atoms with van der Waals surface area (Å²) in [7, 11) is -3.39. The minimum Gasteiger partial charge on any atom is -0.316 e. The molecule has 0 bridgehead atoms. The fourth-order valence-electron chi connectivity index (χ4n) is 2.40. The van der Waals surface area contributed by atoms with Crippen LogP contribution in [-0.4, -0.2) is 28.1 Å². The third-order valence-corrected chi connectivity index (χ3v) is 4.97. The van der Waals surface area contributed by atoms with Crippen molar-refractivity contribution >= 4 is 22.4 Å². The van der Waals surface area contributed by atoms with E-state index in [2.05, 4.69) is 17.0 Å². The maximum atomic E-state index is 12.8. The Kier molecular flexibility index (Phi) is 6.59. The molecule has 21 heavy (non-hydrogen) atoms. The Bertz CT molecular complexity index is 543. The second-order valence-corrected chi connectivity index (χ2v) is 7.60. The molecule has 0 aliphatic carbocycles. The molecule has 4 nitrogen and oxygen atoms in total. The maximum Gasteiger partial charge on any atom is 0.215 e. The van der Waals surface area contributed by atoms with Crippen LogP contribution in [0.2, 0.25) is 0 Å². The molecule has 0 radical (unpaired) electrons. The van der Waals surface area contributed by atoms with Crippen LogP contribution in [0.1, 0.15) is 25.3 Å². The molecular formula is C14H22ClFN2O2S. The van der Waals surface area contributed by atoms with Crippen molar-refractivity contribution < 1.29 is 12.8 Å². The number of hydrogen-bond donors (Lipinski definition) is 2. The maximum absolute atomic E-state index is 12.8. The van der Waals surface area contributed by atoms with Crippen LogP contribution in [0, 0.1) is 11.2 Å². The van der Waals surface area contributed by atoms with Gasteiger partial charge in [-0.15, -0.1) is 12.4 Å². The Balaban J connectivity index is 0.00000220. The van der Waals surface area contributed by atoms with Crippen LogP contribution < -0.4 is 10.0 Å². The minimum atomic E-state index is -3.39. The summed E-state index contributed by atoms with van der Waals surface area (Å²) >= 11 is 0. The van der Waals surface area contributed by atoms with Gasteiger partial charge in [-0.25, -0.2) is 17.5 Å². The lowest BCUT2D eigenvalue weighted by atomic mass is 9.83. The third kappa shape index (κ3) is 5.90. The van der Waals surface area contributed by atoms with Gasteiger partial charge >= 0.3 is 0 Å². The van der Waals surface area contributed by atoms with Crippen LogP contribution in [0.5, 0.6) is 0 Å². The summed E-state index contributed by atoms with van der Waals surface area (Å²) in [6, 6.07) is 5.55. The van der Waals surface area contributed by atoms with Crippen molar-refractivity contribution in [3.63, 3.8) is 0 Å². The molecule has 1 atom stereocenters. The van der Waals surface area contributed by atoms with Crippen molar-refractivity contribution in [2.24, 2.45) is 5.41 Å². The van der Waals surface area contributed by atoms with Crippen molar-refractivity contribution in [3.05, 3.63) is 35.6 Å². The van der Waals surface area contributed by atoms with E-state index in [1.54, 1.807) is 0 Å². The molecule has 2 N–H and O–H groups in total. The first kappa shape index (κ1) is 18.4. The minimum absolute atomic E-state index is 0. The second-order valence-electron chi connectivity index (χ2n) is 5.80. The lowest BCUT2D eigenvalue weighted by molar-refractivity contribution is 0.238. The predicted octanol–water partition coefficient (Wildman–Crippen LogP) is 2.06. The van der Waals surface area contributed by atoms with E-state index in [1.807, 2.05) is 0 Å². The molecule has 1 fully saturated rings. The summed E-state index contributed by atoms with van der Waals surface area (Å²) in [5, 5.41) is 3.29. The first-order chi connectivity index (χ1) is 9.39. The van der Waals surface area contributed by atoms with Crippen LogP contribution in [0.4, 0.5) is 4.39 Å². The molecule has 0 spiro atoms. The zero-order valence-electron chi connectivity index (χ0n) is 12.1. The first-order valence-corrected chi connectivity index (χ1v) is 8.46. The van der Waals surface area contributed by atoms with Crippen molar-refractivity contribution in [1.82, 2.24) is 10.0 Å². The number of sulfonamides is 1. The quantitative estimate of drug-likeness (QED) is 0.865. The number of hydrogen-bond acceptors (Lipinski definition) is 3. The first-order valence-electron chi connectivity index (χ1n) is 6.81. The van der Waals surface area contributed by atoms with Gasteiger partial charge in [0.1, 0.15) is 5.82 Å². The Hall–Kier alpha value is -0.690. The van der Waals surface area contributed by atoms with Crippen LogP contribution in [0.3, 0.4) is 0 Å². The zero-order valence-corrected chi connectivity index (χ0v) is 13.7. The zero-order chi connectivity index (χ0) is 14.6. The van der Waals surface area contributed by atoms with Gasteiger partial charge < -0.3 is 5.32 Å². The van der Waals surface area contributed by atoms with Gasteiger partial charge in [-0.3, -0.25) is 0 Å². The predicted molar refractivity (Wildman–Crippen MR) is 84.5 cm³/mol. The van der Waals surface area contributed by atoms with E-state index < -0.39 is 10.0 Å². The topological polar surface area (TPSA) is 58.2 Å². The van der Waals surface area contributed by atoms with E-state index in [1.165, 1.54) is 24.3 Å². The molecule has 1 saturated heterocycles. The summed E-state index contributed by atoms with van der Waals surface area (Å²) in [4.78, 5) is 0. The van der Waals surface area contributed by atoms with E-state index in [-0.39, 0.29) is 29.4 Å². The average molecular weight is 337 g/mol. The fraction of sp³-hybridized carbons (Fsp3) is 0.571. The van der Waals surface area contributed by atoms with Crippen molar-refractivity contribution in [3.8, 4) is 0 Å². The van der Waals surface area contributed by atoms with Crippen LogP contribution in [0.15, 0.2) is 24.3 Å². The molecule has 7 heteroatoms. The Morgan fingerprint density at radius 3 is 2.57 bits per heavy atom. The second kappa shape index (κ2) is 7.54. The lowest BCUT2D eigenvalue weighted by Crippen LogP contribution is -2.45. The fourth-order valence-corrected chi connectivity index (χ4v) is 3.71. The van der Waals surface area contributed by atoms with Crippen LogP contribution in [-0.2, 0) is 15.8 Å². The number of benzene rings is 1. The van der Waals surface area contributed by atoms with Gasteiger partial charge in [0, 0.05) is 13.1 Å². The molecule has 2 rings (SSSR count). The number of nitrogens with one attached hydrogen (secondary N) is 2. The van der Waals surface area contributed by atoms with Gasteiger partial charge in [-0.1, -0.05) is 19.1 Å². The Morgan fingerprint density at radius 2 is 2.00 bits per heavy atom. The molecule has 1 heterocycles. The SMILES string of the molecule is CC1(CNS(=O)(=O)Cc2ccc(F)cc2)CCCNC1.Cl. The largest absolute Gasteiger partial charge is 0.316 e. The van der Waals surface area contributed by atoms with E-state index in [0.717, 1.165) is 25.9 Å². The molecule has 0 saturated carbocycles. The Labute approximate surface area is 132 Å².